The molecule has 0 aliphatic carbocycles. The number of furan rings is 1. The van der Waals surface area contributed by atoms with E-state index in [1.807, 2.05) is 0 Å². The first-order valence-corrected chi connectivity index (χ1v) is 18.5. The Morgan fingerprint density at radius 2 is 0.833 bits per heavy atom. The first-order chi connectivity index (χ1) is 26.7. The highest BCUT2D eigenvalue weighted by Gasteiger charge is 2.18. The summed E-state index contributed by atoms with van der Waals surface area (Å²) in [6, 6.07) is 72.3. The second kappa shape index (κ2) is 12.2. The SMILES string of the molecule is c1ccc(-c2cccc3c2oc2cc(N(c4ccc(-c5ccc6ccc7ccccc7c6c5)cc4)c4ccc5ccc6ccccc6c5c4)ccc23)cc1. The number of nitrogens with zero attached hydrogens (tertiary/aromatic N) is 1. The van der Waals surface area contributed by atoms with E-state index in [1.54, 1.807) is 0 Å². The Kier molecular flexibility index (Phi) is 6.90. The summed E-state index contributed by atoms with van der Waals surface area (Å²) in [6.45, 7) is 0. The third kappa shape index (κ3) is 4.96. The highest BCUT2D eigenvalue weighted by molar-refractivity contribution is 6.12. The van der Waals surface area contributed by atoms with Crippen LogP contribution < -0.4 is 4.90 Å². The summed E-state index contributed by atoms with van der Waals surface area (Å²) in [5, 5.41) is 12.2. The normalized spacial score (nSPS) is 11.7. The Morgan fingerprint density at radius 3 is 1.57 bits per heavy atom. The lowest BCUT2D eigenvalue weighted by Gasteiger charge is -2.26. The largest absolute Gasteiger partial charge is 0.455 e. The molecule has 0 N–H and O–H groups in total. The maximum atomic E-state index is 6.74. The molecule has 2 heteroatoms. The lowest BCUT2D eigenvalue weighted by molar-refractivity contribution is 0.670. The predicted octanol–water partition coefficient (Wildman–Crippen LogP) is 15.0. The smallest absolute Gasteiger partial charge is 0.143 e. The number of benzene rings is 10. The summed E-state index contributed by atoms with van der Waals surface area (Å²) in [6.07, 6.45) is 0. The van der Waals surface area contributed by atoms with Crippen LogP contribution in [0.5, 0.6) is 0 Å². The molecule has 0 atom stereocenters. The molecule has 2 nitrogen and oxygen atoms in total. The molecule has 0 aliphatic heterocycles. The van der Waals surface area contributed by atoms with Crippen molar-refractivity contribution in [1.82, 2.24) is 0 Å². The zero-order chi connectivity index (χ0) is 35.6. The molecule has 0 fully saturated rings. The van der Waals surface area contributed by atoms with Gasteiger partial charge in [0, 0.05) is 39.5 Å². The van der Waals surface area contributed by atoms with E-state index in [0.717, 1.165) is 50.1 Å². The number of anilines is 3. The Hall–Kier alpha value is -7.16. The van der Waals surface area contributed by atoms with E-state index in [1.165, 1.54) is 54.2 Å². The first-order valence-electron chi connectivity index (χ1n) is 18.5. The van der Waals surface area contributed by atoms with Gasteiger partial charge in [-0.05, 0) is 102 Å². The van der Waals surface area contributed by atoms with Gasteiger partial charge in [0.2, 0.25) is 0 Å². The maximum Gasteiger partial charge on any atom is 0.143 e. The van der Waals surface area contributed by atoms with E-state index in [-0.39, 0.29) is 0 Å². The molecule has 11 aromatic rings. The second-order valence-electron chi connectivity index (χ2n) is 14.1. The van der Waals surface area contributed by atoms with E-state index in [4.69, 9.17) is 4.42 Å². The number of para-hydroxylation sites is 1. The summed E-state index contributed by atoms with van der Waals surface area (Å²) < 4.78 is 6.74. The van der Waals surface area contributed by atoms with Gasteiger partial charge in [0.25, 0.3) is 0 Å². The van der Waals surface area contributed by atoms with Gasteiger partial charge in [0.1, 0.15) is 11.2 Å². The standard InChI is InChI=1S/C52H33NO/c1-2-9-35(10-3-1)46-15-8-16-48-47-30-29-43(33-51(47)54-52(46)48)53(42-28-25-39-20-18-37-12-5-7-14-45(37)50(39)32-42)41-26-23-34(24-27-41)40-22-21-38-19-17-36-11-4-6-13-44(36)49(38)31-40/h1-33H. The molecule has 0 bridgehead atoms. The fourth-order valence-corrected chi connectivity index (χ4v) is 8.33. The Bertz CT molecular complexity index is 3210. The fourth-order valence-electron chi connectivity index (χ4n) is 8.33. The van der Waals surface area contributed by atoms with Crippen LogP contribution in [0, 0.1) is 0 Å². The molecular formula is C52H33NO. The summed E-state index contributed by atoms with van der Waals surface area (Å²) in [5.41, 5.74) is 9.59. The van der Waals surface area contributed by atoms with Gasteiger partial charge in [-0.2, -0.15) is 0 Å². The highest BCUT2D eigenvalue weighted by atomic mass is 16.3. The summed E-state index contributed by atoms with van der Waals surface area (Å²) in [4.78, 5) is 2.35. The molecule has 0 spiro atoms. The van der Waals surface area contributed by atoms with Crippen molar-refractivity contribution >= 4 is 82.1 Å². The van der Waals surface area contributed by atoms with Crippen LogP contribution in [0.1, 0.15) is 0 Å². The van der Waals surface area contributed by atoms with Crippen LogP contribution in [-0.2, 0) is 0 Å². The molecule has 54 heavy (non-hydrogen) atoms. The molecule has 1 heterocycles. The van der Waals surface area contributed by atoms with Crippen molar-refractivity contribution in [3.63, 3.8) is 0 Å². The van der Waals surface area contributed by atoms with Crippen molar-refractivity contribution in [1.29, 1.82) is 0 Å². The van der Waals surface area contributed by atoms with Crippen molar-refractivity contribution in [2.45, 2.75) is 0 Å². The molecule has 11 rings (SSSR count). The number of hydrogen-bond donors (Lipinski definition) is 0. The van der Waals surface area contributed by atoms with Crippen LogP contribution in [0.25, 0.3) is 87.3 Å². The van der Waals surface area contributed by atoms with Gasteiger partial charge in [-0.3, -0.25) is 0 Å². The maximum absolute atomic E-state index is 6.74. The Labute approximate surface area is 312 Å². The molecule has 0 amide bonds. The van der Waals surface area contributed by atoms with Crippen molar-refractivity contribution in [2.75, 3.05) is 4.90 Å². The third-order valence-electron chi connectivity index (χ3n) is 11.0. The zero-order valence-electron chi connectivity index (χ0n) is 29.4. The topological polar surface area (TPSA) is 16.4 Å². The fraction of sp³-hybridized carbons (Fsp3) is 0. The van der Waals surface area contributed by atoms with Crippen LogP contribution in [0.2, 0.25) is 0 Å². The lowest BCUT2D eigenvalue weighted by Crippen LogP contribution is -2.09. The average Bonchev–Trinajstić information content (AvgIpc) is 3.62. The van der Waals surface area contributed by atoms with Crippen LogP contribution in [0.15, 0.2) is 205 Å². The zero-order valence-corrected chi connectivity index (χ0v) is 29.4. The van der Waals surface area contributed by atoms with Crippen molar-refractivity contribution in [3.05, 3.63) is 200 Å². The van der Waals surface area contributed by atoms with Crippen LogP contribution in [0.3, 0.4) is 0 Å². The quantitative estimate of drug-likeness (QED) is 0.168. The third-order valence-corrected chi connectivity index (χ3v) is 11.0. The summed E-state index contributed by atoms with van der Waals surface area (Å²) in [7, 11) is 0. The van der Waals surface area contributed by atoms with Crippen molar-refractivity contribution in [2.24, 2.45) is 0 Å². The molecule has 1 aromatic heterocycles. The van der Waals surface area contributed by atoms with E-state index in [2.05, 4.69) is 205 Å². The van der Waals surface area contributed by atoms with Gasteiger partial charge in [-0.25, -0.2) is 0 Å². The molecule has 0 saturated heterocycles. The van der Waals surface area contributed by atoms with Gasteiger partial charge in [-0.15, -0.1) is 0 Å². The van der Waals surface area contributed by atoms with Crippen molar-refractivity contribution < 1.29 is 4.42 Å². The van der Waals surface area contributed by atoms with Crippen LogP contribution in [-0.4, -0.2) is 0 Å². The minimum atomic E-state index is 0.863. The summed E-state index contributed by atoms with van der Waals surface area (Å²) in [5.74, 6) is 0. The molecule has 10 aromatic carbocycles. The predicted molar refractivity (Wildman–Crippen MR) is 229 cm³/mol. The number of rotatable bonds is 5. The minimum absolute atomic E-state index is 0.863. The Morgan fingerprint density at radius 1 is 0.296 bits per heavy atom. The highest BCUT2D eigenvalue weighted by Crippen LogP contribution is 2.42. The molecular weight excluding hydrogens is 655 g/mol. The van der Waals surface area contributed by atoms with E-state index in [9.17, 15) is 0 Å². The lowest BCUT2D eigenvalue weighted by atomic mass is 9.97. The number of hydrogen-bond acceptors (Lipinski definition) is 2. The van der Waals surface area contributed by atoms with E-state index < -0.39 is 0 Å². The van der Waals surface area contributed by atoms with Gasteiger partial charge in [0.05, 0.1) is 0 Å². The molecule has 0 radical (unpaired) electrons. The molecule has 0 saturated carbocycles. The molecule has 0 aliphatic rings. The number of fused-ring (bicyclic) bond motifs is 9. The molecule has 252 valence electrons. The minimum Gasteiger partial charge on any atom is -0.455 e. The van der Waals surface area contributed by atoms with E-state index >= 15 is 0 Å². The monoisotopic (exact) mass is 687 g/mol. The van der Waals surface area contributed by atoms with Crippen LogP contribution in [0.4, 0.5) is 17.1 Å². The second-order valence-corrected chi connectivity index (χ2v) is 14.1. The van der Waals surface area contributed by atoms with Gasteiger partial charge >= 0.3 is 0 Å². The Balaban J connectivity index is 1.07. The first kappa shape index (κ1) is 30.5. The summed E-state index contributed by atoms with van der Waals surface area (Å²) >= 11 is 0. The van der Waals surface area contributed by atoms with Crippen LogP contribution >= 0.6 is 0 Å². The molecule has 0 unspecified atom stereocenters. The average molecular weight is 688 g/mol. The van der Waals surface area contributed by atoms with Crippen molar-refractivity contribution in [3.8, 4) is 22.3 Å². The van der Waals surface area contributed by atoms with Gasteiger partial charge < -0.3 is 9.32 Å². The van der Waals surface area contributed by atoms with E-state index in [0.29, 0.717) is 0 Å². The van der Waals surface area contributed by atoms with Gasteiger partial charge in [-0.1, -0.05) is 152 Å². The van der Waals surface area contributed by atoms with Gasteiger partial charge in [0.15, 0.2) is 0 Å².